The quantitative estimate of drug-likeness (QED) is 0.832. The Morgan fingerprint density at radius 1 is 1.32 bits per heavy atom. The highest BCUT2D eigenvalue weighted by atomic mass is 79.9. The molecule has 0 spiro atoms. The van der Waals surface area contributed by atoms with Crippen molar-refractivity contribution in [3.05, 3.63) is 47.1 Å². The summed E-state index contributed by atoms with van der Waals surface area (Å²) in [6.07, 6.45) is 9.12. The number of rotatable bonds is 2. The lowest BCUT2D eigenvalue weighted by Crippen LogP contribution is -2.43. The van der Waals surface area contributed by atoms with Crippen molar-refractivity contribution in [2.75, 3.05) is 5.32 Å². The lowest BCUT2D eigenvalue weighted by Gasteiger charge is -2.41. The molecule has 2 aromatic rings. The molecule has 1 heterocycles. The van der Waals surface area contributed by atoms with Crippen LogP contribution in [0.4, 0.5) is 5.69 Å². The Hall–Kier alpha value is -1.35. The number of nitrogens with zero attached hydrogens (tertiary/aromatic N) is 1. The topological polar surface area (TPSA) is 24.9 Å². The van der Waals surface area contributed by atoms with Gasteiger partial charge in [-0.2, -0.15) is 0 Å². The lowest BCUT2D eigenvalue weighted by atomic mass is 9.71. The number of pyridine rings is 1. The van der Waals surface area contributed by atoms with Gasteiger partial charge in [0.15, 0.2) is 0 Å². The van der Waals surface area contributed by atoms with E-state index in [9.17, 15) is 0 Å². The van der Waals surface area contributed by atoms with Crippen molar-refractivity contribution in [3.8, 4) is 0 Å². The Kier molecular flexibility index (Phi) is 2.62. The number of nitrogens with one attached hydrogen (secondary N) is 1. The highest BCUT2D eigenvalue weighted by Crippen LogP contribution is 2.44. The van der Waals surface area contributed by atoms with E-state index in [2.05, 4.69) is 62.6 Å². The largest absolute Gasteiger partial charge is 0.380 e. The van der Waals surface area contributed by atoms with Crippen LogP contribution in [0.1, 0.15) is 12.8 Å². The second kappa shape index (κ2) is 4.34. The smallest absolute Gasteiger partial charge is 0.0934 e. The minimum Gasteiger partial charge on any atom is -0.380 e. The van der Waals surface area contributed by atoms with E-state index in [1.54, 1.807) is 0 Å². The molecule has 96 valence electrons. The van der Waals surface area contributed by atoms with E-state index in [1.165, 1.54) is 18.2 Å². The minimum atomic E-state index is 0.583. The first-order valence-corrected chi connectivity index (χ1v) is 7.58. The highest BCUT2D eigenvalue weighted by molar-refractivity contribution is 9.10. The molecule has 1 aromatic carbocycles. The second-order valence-electron chi connectivity index (χ2n) is 5.52. The molecule has 1 N–H and O–H groups in total. The summed E-state index contributed by atoms with van der Waals surface area (Å²) in [6, 6.07) is 9.04. The molecule has 0 bridgehead atoms. The average molecular weight is 315 g/mol. The summed E-state index contributed by atoms with van der Waals surface area (Å²) in [5.41, 5.74) is 2.23. The van der Waals surface area contributed by atoms with Crippen molar-refractivity contribution >= 4 is 32.5 Å². The number of allylic oxidation sites excluding steroid dienone is 1. The Bertz CT molecular complexity index is 665. The molecule has 2 aliphatic rings. The molecule has 0 radical (unpaired) electrons. The molecular weight excluding hydrogens is 300 g/mol. The number of halogens is 1. The SMILES string of the molecule is Brc1cnc2c(NC3CC4CC=CC43)cccc2c1. The van der Waals surface area contributed by atoms with Gasteiger partial charge in [-0.1, -0.05) is 24.3 Å². The van der Waals surface area contributed by atoms with Gasteiger partial charge in [-0.15, -0.1) is 0 Å². The molecular formula is C16H15BrN2. The van der Waals surface area contributed by atoms with Crippen LogP contribution in [0, 0.1) is 11.8 Å². The zero-order chi connectivity index (χ0) is 12.8. The third-order valence-corrected chi connectivity index (χ3v) is 4.81. The van der Waals surface area contributed by atoms with Crippen molar-refractivity contribution in [2.45, 2.75) is 18.9 Å². The van der Waals surface area contributed by atoms with Gasteiger partial charge in [-0.05, 0) is 46.8 Å². The molecule has 0 saturated heterocycles. The van der Waals surface area contributed by atoms with E-state index in [1.807, 2.05) is 6.20 Å². The van der Waals surface area contributed by atoms with Crippen molar-refractivity contribution in [3.63, 3.8) is 0 Å². The van der Waals surface area contributed by atoms with Gasteiger partial charge in [0, 0.05) is 28.0 Å². The van der Waals surface area contributed by atoms with Crippen molar-refractivity contribution in [2.24, 2.45) is 11.8 Å². The second-order valence-corrected chi connectivity index (χ2v) is 6.43. The predicted molar refractivity (Wildman–Crippen MR) is 82.2 cm³/mol. The van der Waals surface area contributed by atoms with Crippen LogP contribution in [0.15, 0.2) is 47.1 Å². The van der Waals surface area contributed by atoms with Crippen LogP contribution in [0.2, 0.25) is 0 Å². The standard InChI is InChI=1S/C16H15BrN2/c17-12-7-11-4-2-6-14(16(11)18-9-12)19-15-8-10-3-1-5-13(10)15/h1-2,4-7,9-10,13,15,19H,3,8H2. The first-order valence-electron chi connectivity index (χ1n) is 6.79. The van der Waals surface area contributed by atoms with Crippen molar-refractivity contribution in [1.82, 2.24) is 4.98 Å². The number of anilines is 1. The number of hydrogen-bond donors (Lipinski definition) is 1. The normalized spacial score (nSPS) is 28.2. The summed E-state index contributed by atoms with van der Waals surface area (Å²) in [5, 5.41) is 4.86. The van der Waals surface area contributed by atoms with Gasteiger partial charge in [0.2, 0.25) is 0 Å². The molecule has 2 aliphatic carbocycles. The van der Waals surface area contributed by atoms with Crippen LogP contribution in [0.3, 0.4) is 0 Å². The van der Waals surface area contributed by atoms with E-state index in [0.717, 1.165) is 27.5 Å². The maximum absolute atomic E-state index is 4.55. The monoisotopic (exact) mass is 314 g/mol. The van der Waals surface area contributed by atoms with E-state index in [4.69, 9.17) is 0 Å². The molecule has 19 heavy (non-hydrogen) atoms. The minimum absolute atomic E-state index is 0.583. The third-order valence-electron chi connectivity index (χ3n) is 4.38. The molecule has 4 rings (SSSR count). The number of hydrogen-bond acceptors (Lipinski definition) is 2. The summed E-state index contributed by atoms with van der Waals surface area (Å²) >= 11 is 3.48. The summed E-state index contributed by atoms with van der Waals surface area (Å²) in [4.78, 5) is 4.55. The maximum Gasteiger partial charge on any atom is 0.0934 e. The van der Waals surface area contributed by atoms with Gasteiger partial charge in [0.25, 0.3) is 0 Å². The fourth-order valence-electron chi connectivity index (χ4n) is 3.33. The zero-order valence-corrected chi connectivity index (χ0v) is 12.1. The van der Waals surface area contributed by atoms with Crippen LogP contribution in [0.25, 0.3) is 10.9 Å². The van der Waals surface area contributed by atoms with Crippen LogP contribution in [0.5, 0.6) is 0 Å². The van der Waals surface area contributed by atoms with E-state index in [-0.39, 0.29) is 0 Å². The first-order chi connectivity index (χ1) is 9.31. The van der Waals surface area contributed by atoms with Gasteiger partial charge >= 0.3 is 0 Å². The van der Waals surface area contributed by atoms with Gasteiger partial charge in [0.1, 0.15) is 0 Å². The molecule has 3 unspecified atom stereocenters. The van der Waals surface area contributed by atoms with Crippen molar-refractivity contribution in [1.29, 1.82) is 0 Å². The summed E-state index contributed by atoms with van der Waals surface area (Å²) < 4.78 is 1.03. The van der Waals surface area contributed by atoms with Gasteiger partial charge in [-0.3, -0.25) is 4.98 Å². The lowest BCUT2D eigenvalue weighted by molar-refractivity contribution is 0.218. The first kappa shape index (κ1) is 11.5. The molecule has 0 amide bonds. The number of para-hydroxylation sites is 1. The van der Waals surface area contributed by atoms with Crippen LogP contribution < -0.4 is 5.32 Å². The molecule has 3 heteroatoms. The Morgan fingerprint density at radius 2 is 2.26 bits per heavy atom. The van der Waals surface area contributed by atoms with Crippen LogP contribution in [-0.2, 0) is 0 Å². The Balaban J connectivity index is 1.66. The van der Waals surface area contributed by atoms with E-state index in [0.29, 0.717) is 6.04 Å². The summed E-state index contributed by atoms with van der Waals surface area (Å²) in [6.45, 7) is 0. The zero-order valence-electron chi connectivity index (χ0n) is 10.5. The Labute approximate surface area is 121 Å². The molecule has 3 atom stereocenters. The predicted octanol–water partition coefficient (Wildman–Crippen LogP) is 4.37. The number of aromatic nitrogens is 1. The Morgan fingerprint density at radius 3 is 3.16 bits per heavy atom. The third kappa shape index (κ3) is 1.88. The van der Waals surface area contributed by atoms with Gasteiger partial charge in [0.05, 0.1) is 11.2 Å². The van der Waals surface area contributed by atoms with E-state index >= 15 is 0 Å². The van der Waals surface area contributed by atoms with Crippen LogP contribution >= 0.6 is 15.9 Å². The molecule has 2 nitrogen and oxygen atoms in total. The molecule has 1 saturated carbocycles. The molecule has 1 aromatic heterocycles. The van der Waals surface area contributed by atoms with Crippen molar-refractivity contribution < 1.29 is 0 Å². The summed E-state index contributed by atoms with van der Waals surface area (Å²) in [5.74, 6) is 1.61. The van der Waals surface area contributed by atoms with Gasteiger partial charge < -0.3 is 5.32 Å². The van der Waals surface area contributed by atoms with Crippen LogP contribution in [-0.4, -0.2) is 11.0 Å². The number of fused-ring (bicyclic) bond motifs is 2. The molecule has 1 fully saturated rings. The average Bonchev–Trinajstić information content (AvgIpc) is 2.77. The fraction of sp³-hybridized carbons (Fsp3) is 0.312. The highest BCUT2D eigenvalue weighted by Gasteiger charge is 2.41. The van der Waals surface area contributed by atoms with E-state index < -0.39 is 0 Å². The number of benzene rings is 1. The van der Waals surface area contributed by atoms with Gasteiger partial charge in [-0.25, -0.2) is 0 Å². The fourth-order valence-corrected chi connectivity index (χ4v) is 3.68. The maximum atomic E-state index is 4.55. The summed E-state index contributed by atoms with van der Waals surface area (Å²) in [7, 11) is 0. The molecule has 0 aliphatic heterocycles.